The van der Waals surface area contributed by atoms with Crippen LogP contribution in [0.3, 0.4) is 0 Å². The smallest absolute Gasteiger partial charge is 0.254 e. The van der Waals surface area contributed by atoms with Gasteiger partial charge < -0.3 is 19.3 Å². The van der Waals surface area contributed by atoms with E-state index in [2.05, 4.69) is 11.9 Å². The average Bonchev–Trinajstić information content (AvgIpc) is 2.80. The number of aliphatic hydroxyl groups is 1. The summed E-state index contributed by atoms with van der Waals surface area (Å²) in [6.45, 7) is 2.67. The number of benzene rings is 2. The lowest BCUT2D eigenvalue weighted by molar-refractivity contribution is -0.121. The van der Waals surface area contributed by atoms with Gasteiger partial charge in [0.1, 0.15) is 0 Å². The second kappa shape index (κ2) is 10.7. The number of carbonyl (C=O) groups excluding carboxylic acids is 1. The number of rotatable bonds is 9. The van der Waals surface area contributed by atoms with Crippen molar-refractivity contribution in [3.8, 4) is 11.5 Å². The summed E-state index contributed by atoms with van der Waals surface area (Å²) in [5, 5.41) is 10.9. The Hall–Kier alpha value is -3.28. The van der Waals surface area contributed by atoms with Gasteiger partial charge >= 0.3 is 0 Å². The van der Waals surface area contributed by atoms with Crippen molar-refractivity contribution in [1.82, 2.24) is 0 Å². The van der Waals surface area contributed by atoms with Gasteiger partial charge in [0.2, 0.25) is 5.78 Å². The molecule has 1 N–H and O–H groups in total. The fourth-order valence-corrected chi connectivity index (χ4v) is 3.53. The van der Waals surface area contributed by atoms with E-state index in [0.717, 1.165) is 25.7 Å². The van der Waals surface area contributed by atoms with Crippen LogP contribution in [-0.4, -0.2) is 37.6 Å². The van der Waals surface area contributed by atoms with Crippen molar-refractivity contribution < 1.29 is 24.1 Å². The van der Waals surface area contributed by atoms with Gasteiger partial charge in [-0.3, -0.25) is 4.79 Å². The van der Waals surface area contributed by atoms with E-state index in [4.69, 9.17) is 14.2 Å². The van der Waals surface area contributed by atoms with Crippen molar-refractivity contribution in [1.29, 1.82) is 0 Å². The van der Waals surface area contributed by atoms with Gasteiger partial charge in [-0.25, -0.2) is 4.99 Å². The molecule has 2 aromatic carbocycles. The molecule has 0 aromatic heterocycles. The molecular formula is C25H29NO5. The first kappa shape index (κ1) is 22.4. The molecule has 0 radical (unpaired) electrons. The van der Waals surface area contributed by atoms with E-state index in [1.54, 1.807) is 37.4 Å². The lowest BCUT2D eigenvalue weighted by atomic mass is 9.91. The third-order valence-corrected chi connectivity index (χ3v) is 5.19. The predicted molar refractivity (Wildman–Crippen MR) is 121 cm³/mol. The zero-order valence-corrected chi connectivity index (χ0v) is 18.3. The van der Waals surface area contributed by atoms with Crippen LogP contribution in [0.5, 0.6) is 11.5 Å². The molecule has 0 fully saturated rings. The number of ketones is 1. The number of hydrogen-bond acceptors (Lipinski definition) is 6. The van der Waals surface area contributed by atoms with Gasteiger partial charge in [-0.1, -0.05) is 62.6 Å². The number of ether oxygens (including phenoxy) is 3. The van der Waals surface area contributed by atoms with Crippen LogP contribution in [0.2, 0.25) is 0 Å². The van der Waals surface area contributed by atoms with Gasteiger partial charge in [-0.2, -0.15) is 0 Å². The Labute approximate surface area is 183 Å². The molecule has 0 saturated heterocycles. The minimum absolute atomic E-state index is 0.0923. The van der Waals surface area contributed by atoms with Crippen LogP contribution in [-0.2, 0) is 9.53 Å². The minimum Gasteiger partial charge on any atom is -0.503 e. The number of nitrogens with zero attached hydrogens (tertiary/aromatic N) is 1. The zero-order valence-electron chi connectivity index (χ0n) is 18.3. The van der Waals surface area contributed by atoms with E-state index in [9.17, 15) is 9.90 Å². The van der Waals surface area contributed by atoms with Crippen molar-refractivity contribution in [2.75, 3.05) is 20.8 Å². The monoisotopic (exact) mass is 423 g/mol. The van der Waals surface area contributed by atoms with Gasteiger partial charge in [0, 0.05) is 12.1 Å². The second-order valence-electron chi connectivity index (χ2n) is 7.31. The van der Waals surface area contributed by atoms with Crippen molar-refractivity contribution >= 4 is 17.3 Å². The molecule has 1 aliphatic heterocycles. The molecule has 6 nitrogen and oxygen atoms in total. The normalized spacial score (nSPS) is 17.6. The highest BCUT2D eigenvalue weighted by atomic mass is 16.5. The van der Waals surface area contributed by atoms with Crippen LogP contribution >= 0.6 is 0 Å². The Balaban J connectivity index is 2.00. The molecule has 0 spiro atoms. The molecular weight excluding hydrogens is 394 g/mol. The summed E-state index contributed by atoms with van der Waals surface area (Å²) in [5.41, 5.74) is 1.43. The fraction of sp³-hybridized carbons (Fsp3) is 0.360. The van der Waals surface area contributed by atoms with E-state index in [1.807, 2.05) is 18.2 Å². The minimum atomic E-state index is -0.944. The Morgan fingerprint density at radius 1 is 1.00 bits per heavy atom. The molecule has 0 amide bonds. The summed E-state index contributed by atoms with van der Waals surface area (Å²) in [6.07, 6.45) is 3.27. The molecule has 164 valence electrons. The molecule has 1 heterocycles. The van der Waals surface area contributed by atoms with Crippen LogP contribution in [0.4, 0.5) is 0 Å². The summed E-state index contributed by atoms with van der Waals surface area (Å²) in [5.74, 6) is 0.592. The number of methoxy groups -OCH3 is 2. The number of aliphatic hydroxyl groups excluding tert-OH is 1. The molecule has 3 rings (SSSR count). The molecule has 6 heteroatoms. The largest absolute Gasteiger partial charge is 0.503 e. The number of aliphatic imine (C=N–C) groups is 1. The van der Waals surface area contributed by atoms with E-state index >= 15 is 0 Å². The summed E-state index contributed by atoms with van der Waals surface area (Å²) in [4.78, 5) is 17.9. The standard InChI is InChI=1S/C25H29NO5/c1-4-5-6-10-15-26-25-23(28)21(17-11-8-7-9-12-17)22(27)24(31-25)18-13-14-19(29-2)20(16-18)30-3/h7-9,11-14,16,24,28H,4-6,10,15H2,1-3H3/t24-/m1/s1. The highest BCUT2D eigenvalue weighted by molar-refractivity contribution is 6.30. The summed E-state index contributed by atoms with van der Waals surface area (Å²) in [7, 11) is 3.09. The van der Waals surface area contributed by atoms with E-state index in [1.165, 1.54) is 7.11 Å². The van der Waals surface area contributed by atoms with Gasteiger partial charge in [-0.15, -0.1) is 0 Å². The maximum Gasteiger partial charge on any atom is 0.254 e. The maximum absolute atomic E-state index is 13.4. The summed E-state index contributed by atoms with van der Waals surface area (Å²) in [6, 6.07) is 14.3. The highest BCUT2D eigenvalue weighted by Crippen LogP contribution is 2.37. The molecule has 31 heavy (non-hydrogen) atoms. The maximum atomic E-state index is 13.4. The zero-order chi connectivity index (χ0) is 22.2. The van der Waals surface area contributed by atoms with Crippen LogP contribution in [0.15, 0.2) is 59.3 Å². The lowest BCUT2D eigenvalue weighted by Gasteiger charge is -2.27. The quantitative estimate of drug-likeness (QED) is 0.554. The van der Waals surface area contributed by atoms with Crippen LogP contribution in [0.25, 0.3) is 5.57 Å². The number of carbonyl (C=O) groups is 1. The molecule has 0 bridgehead atoms. The third-order valence-electron chi connectivity index (χ3n) is 5.19. The first-order valence-corrected chi connectivity index (χ1v) is 10.6. The van der Waals surface area contributed by atoms with Crippen LogP contribution in [0, 0.1) is 0 Å². The Morgan fingerprint density at radius 2 is 1.74 bits per heavy atom. The Kier molecular flexibility index (Phi) is 7.70. The van der Waals surface area contributed by atoms with Crippen molar-refractivity contribution in [2.24, 2.45) is 4.99 Å². The topological polar surface area (TPSA) is 77.3 Å². The predicted octanol–water partition coefficient (Wildman–Crippen LogP) is 5.29. The SMILES string of the molecule is CCCCCCN=C1O[C@H](c2ccc(OC)c(OC)c2)C(=O)C(c2ccccc2)=C1O. The third kappa shape index (κ3) is 5.08. The molecule has 0 saturated carbocycles. The highest BCUT2D eigenvalue weighted by Gasteiger charge is 2.37. The summed E-state index contributed by atoms with van der Waals surface area (Å²) >= 11 is 0. The molecule has 0 unspecified atom stereocenters. The Morgan fingerprint density at radius 3 is 2.42 bits per heavy atom. The first-order chi connectivity index (χ1) is 15.1. The van der Waals surface area contributed by atoms with Crippen molar-refractivity contribution in [2.45, 2.75) is 38.7 Å². The Bertz CT molecular complexity index is 965. The van der Waals surface area contributed by atoms with Crippen molar-refractivity contribution in [3.63, 3.8) is 0 Å². The van der Waals surface area contributed by atoms with Gasteiger partial charge in [-0.05, 0) is 24.1 Å². The fourth-order valence-electron chi connectivity index (χ4n) is 3.53. The molecule has 1 atom stereocenters. The van der Waals surface area contributed by atoms with E-state index in [-0.39, 0.29) is 23.0 Å². The van der Waals surface area contributed by atoms with E-state index < -0.39 is 6.10 Å². The van der Waals surface area contributed by atoms with Crippen LogP contribution < -0.4 is 9.47 Å². The van der Waals surface area contributed by atoms with E-state index in [0.29, 0.717) is 29.2 Å². The molecule has 1 aliphatic rings. The average molecular weight is 424 g/mol. The number of Topliss-reactive ketones (excluding diaryl/α,β-unsaturated/α-hetero) is 1. The van der Waals surface area contributed by atoms with Crippen LogP contribution in [0.1, 0.15) is 49.8 Å². The van der Waals surface area contributed by atoms with Gasteiger partial charge in [0.05, 0.1) is 19.8 Å². The number of hydrogen-bond donors (Lipinski definition) is 1. The van der Waals surface area contributed by atoms with Gasteiger partial charge in [0.25, 0.3) is 5.90 Å². The van der Waals surface area contributed by atoms with Gasteiger partial charge in [0.15, 0.2) is 23.4 Å². The van der Waals surface area contributed by atoms with Crippen molar-refractivity contribution in [3.05, 3.63) is 65.4 Å². The second-order valence-corrected chi connectivity index (χ2v) is 7.31. The summed E-state index contributed by atoms with van der Waals surface area (Å²) < 4.78 is 16.6. The first-order valence-electron chi connectivity index (χ1n) is 10.6. The molecule has 2 aromatic rings. The number of unbranched alkanes of at least 4 members (excludes halogenated alkanes) is 3. The lowest BCUT2D eigenvalue weighted by Crippen LogP contribution is -2.29. The molecule has 0 aliphatic carbocycles.